The minimum Gasteiger partial charge on any atom is -0.396 e. The molecule has 24 heavy (non-hydrogen) atoms. The molecule has 0 aliphatic heterocycles. The molecule has 0 aromatic rings. The van der Waals surface area contributed by atoms with Gasteiger partial charge in [-0.3, -0.25) is 4.21 Å². The lowest BCUT2D eigenvalue weighted by molar-refractivity contribution is 0.180. The Hall–Kier alpha value is 0.110. The Morgan fingerprint density at radius 2 is 1.08 bits per heavy atom. The van der Waals surface area contributed by atoms with E-state index in [-0.39, 0.29) is 12.0 Å². The molecule has 0 amide bonds. The van der Waals surface area contributed by atoms with Crippen molar-refractivity contribution in [3.63, 3.8) is 0 Å². The van der Waals surface area contributed by atoms with E-state index in [4.69, 9.17) is 0 Å². The number of rotatable bonds is 18. The lowest BCUT2D eigenvalue weighted by atomic mass is 9.98. The Bertz CT molecular complexity index is 290. The van der Waals surface area contributed by atoms with E-state index < -0.39 is 10.8 Å². The molecule has 0 rings (SSSR count). The Kier molecular flexibility index (Phi) is 16.6. The molecule has 0 spiro atoms. The van der Waals surface area contributed by atoms with Crippen LogP contribution in [0.1, 0.15) is 111 Å². The summed E-state index contributed by atoms with van der Waals surface area (Å²) in [4.78, 5) is 0. The van der Waals surface area contributed by atoms with E-state index in [1.54, 1.807) is 0 Å². The summed E-state index contributed by atoms with van der Waals surface area (Å²) in [5, 5.41) is 9.20. The summed E-state index contributed by atoms with van der Waals surface area (Å²) >= 11 is 0. The maximum absolute atomic E-state index is 11.9. The van der Waals surface area contributed by atoms with Gasteiger partial charge < -0.3 is 5.11 Å². The maximum atomic E-state index is 11.9. The van der Waals surface area contributed by atoms with Crippen LogP contribution in [0.25, 0.3) is 0 Å². The molecule has 0 saturated carbocycles. The molecule has 0 radical (unpaired) electrons. The van der Waals surface area contributed by atoms with Gasteiger partial charge in [0.1, 0.15) is 0 Å². The zero-order valence-electron chi connectivity index (χ0n) is 16.8. The molecule has 0 bridgehead atoms. The fraction of sp³-hybridized carbons (Fsp3) is 1.00. The minimum absolute atomic E-state index is 0.123. The molecule has 0 fully saturated rings. The third-order valence-corrected chi connectivity index (χ3v) is 6.55. The zero-order chi connectivity index (χ0) is 18.1. The summed E-state index contributed by atoms with van der Waals surface area (Å²) in [5.74, 6) is 1.43. The molecule has 0 aliphatic rings. The van der Waals surface area contributed by atoms with Crippen LogP contribution >= 0.6 is 0 Å². The van der Waals surface area contributed by atoms with E-state index in [0.717, 1.165) is 12.2 Å². The molecule has 0 aromatic heterocycles. The summed E-state index contributed by atoms with van der Waals surface area (Å²) in [6, 6.07) is 0. The van der Waals surface area contributed by atoms with Crippen LogP contribution in [-0.4, -0.2) is 27.4 Å². The summed E-state index contributed by atoms with van der Waals surface area (Å²) < 4.78 is 11.9. The molecule has 0 aromatic carbocycles. The fourth-order valence-electron chi connectivity index (χ4n) is 3.01. The van der Waals surface area contributed by atoms with E-state index in [2.05, 4.69) is 6.92 Å². The van der Waals surface area contributed by atoms with Crippen molar-refractivity contribution >= 4 is 10.8 Å². The average molecular weight is 361 g/mol. The van der Waals surface area contributed by atoms with Crippen LogP contribution in [0.5, 0.6) is 0 Å². The molecule has 2 nitrogen and oxygen atoms in total. The molecule has 3 heteroatoms. The van der Waals surface area contributed by atoms with Crippen LogP contribution in [0.3, 0.4) is 0 Å². The normalized spacial score (nSPS) is 13.3. The third kappa shape index (κ3) is 17.0. The first-order valence-corrected chi connectivity index (χ1v) is 12.0. The summed E-state index contributed by atoms with van der Waals surface area (Å²) in [5.41, 5.74) is -0.194. The van der Waals surface area contributed by atoms with Crippen LogP contribution < -0.4 is 0 Å². The average Bonchev–Trinajstić information content (AvgIpc) is 2.54. The maximum Gasteiger partial charge on any atom is 0.0490 e. The molecule has 1 unspecified atom stereocenters. The van der Waals surface area contributed by atoms with Crippen molar-refractivity contribution in [2.45, 2.75) is 111 Å². The van der Waals surface area contributed by atoms with Gasteiger partial charge in [-0.15, -0.1) is 0 Å². The molecular formula is C21H44O2S. The van der Waals surface area contributed by atoms with Crippen LogP contribution in [0.2, 0.25) is 0 Å². The van der Waals surface area contributed by atoms with E-state index in [1.165, 1.54) is 83.5 Å². The highest BCUT2D eigenvalue weighted by molar-refractivity contribution is 7.85. The lowest BCUT2D eigenvalue weighted by Gasteiger charge is -2.20. The fourth-order valence-corrected chi connectivity index (χ4v) is 4.64. The van der Waals surface area contributed by atoms with Gasteiger partial charge in [-0.25, -0.2) is 0 Å². The first kappa shape index (κ1) is 24.1. The molecule has 0 heterocycles. The molecule has 0 saturated heterocycles. The molecule has 1 atom stereocenters. The van der Waals surface area contributed by atoms with Gasteiger partial charge in [0.25, 0.3) is 0 Å². The molecule has 1 N–H and O–H groups in total. The predicted molar refractivity (Wildman–Crippen MR) is 109 cm³/mol. The Labute approximate surface area is 154 Å². The van der Waals surface area contributed by atoms with Gasteiger partial charge in [-0.05, 0) is 11.8 Å². The van der Waals surface area contributed by atoms with Crippen LogP contribution in [0.15, 0.2) is 0 Å². The first-order valence-electron chi connectivity index (χ1n) is 10.5. The van der Waals surface area contributed by atoms with Crippen LogP contribution in [0, 0.1) is 5.41 Å². The van der Waals surface area contributed by atoms with Crippen LogP contribution in [-0.2, 0) is 10.8 Å². The summed E-state index contributed by atoms with van der Waals surface area (Å²) in [6.07, 6.45) is 19.0. The van der Waals surface area contributed by atoms with Gasteiger partial charge in [-0.2, -0.15) is 0 Å². The largest absolute Gasteiger partial charge is 0.396 e. The standard InChI is InChI=1S/C21H44O2S/c1-4-5-6-7-8-9-10-11-12-13-14-15-16-17-18-24(23)20-21(2,3)19-22/h22H,4-20H2,1-3H3. The van der Waals surface area contributed by atoms with Gasteiger partial charge in [0, 0.05) is 28.9 Å². The number of aliphatic hydroxyl groups excluding tert-OH is 1. The van der Waals surface area contributed by atoms with Crippen molar-refractivity contribution in [2.75, 3.05) is 18.1 Å². The van der Waals surface area contributed by atoms with Gasteiger partial charge in [0.2, 0.25) is 0 Å². The topological polar surface area (TPSA) is 37.3 Å². The van der Waals surface area contributed by atoms with E-state index in [0.29, 0.717) is 5.75 Å². The van der Waals surface area contributed by atoms with Crippen molar-refractivity contribution in [3.8, 4) is 0 Å². The predicted octanol–water partition coefficient (Wildman–Crippen LogP) is 6.23. The first-order chi connectivity index (χ1) is 11.5. The Morgan fingerprint density at radius 3 is 1.46 bits per heavy atom. The third-order valence-electron chi connectivity index (χ3n) is 4.71. The quantitative estimate of drug-likeness (QED) is 0.294. The van der Waals surface area contributed by atoms with Crippen molar-refractivity contribution in [3.05, 3.63) is 0 Å². The van der Waals surface area contributed by atoms with E-state index in [9.17, 15) is 9.32 Å². The number of unbranched alkanes of at least 4 members (excludes halogenated alkanes) is 13. The van der Waals surface area contributed by atoms with Gasteiger partial charge in [0.05, 0.1) is 0 Å². The second-order valence-corrected chi connectivity index (χ2v) is 9.78. The lowest BCUT2D eigenvalue weighted by Crippen LogP contribution is -2.25. The zero-order valence-corrected chi connectivity index (χ0v) is 17.6. The number of hydrogen-bond donors (Lipinski definition) is 1. The summed E-state index contributed by atoms with van der Waals surface area (Å²) in [7, 11) is -0.765. The molecule has 0 aliphatic carbocycles. The van der Waals surface area contributed by atoms with Crippen molar-refractivity contribution < 1.29 is 9.32 Å². The van der Waals surface area contributed by atoms with Gasteiger partial charge in [-0.1, -0.05) is 104 Å². The molecular weight excluding hydrogens is 316 g/mol. The highest BCUT2D eigenvalue weighted by Crippen LogP contribution is 2.16. The van der Waals surface area contributed by atoms with E-state index >= 15 is 0 Å². The smallest absolute Gasteiger partial charge is 0.0490 e. The SMILES string of the molecule is CCCCCCCCCCCCCCCCS(=O)CC(C)(C)CO. The summed E-state index contributed by atoms with van der Waals surface area (Å²) in [6.45, 7) is 6.36. The second kappa shape index (κ2) is 16.6. The molecule has 146 valence electrons. The monoisotopic (exact) mass is 360 g/mol. The number of aliphatic hydroxyl groups is 1. The highest BCUT2D eigenvalue weighted by Gasteiger charge is 2.19. The number of hydrogen-bond acceptors (Lipinski definition) is 2. The second-order valence-electron chi connectivity index (χ2n) is 8.21. The van der Waals surface area contributed by atoms with Crippen molar-refractivity contribution in [2.24, 2.45) is 5.41 Å². The van der Waals surface area contributed by atoms with Gasteiger partial charge >= 0.3 is 0 Å². The Morgan fingerprint density at radius 1 is 0.708 bits per heavy atom. The van der Waals surface area contributed by atoms with Crippen molar-refractivity contribution in [1.82, 2.24) is 0 Å². The Balaban J connectivity index is 3.21. The highest BCUT2D eigenvalue weighted by atomic mass is 32.2. The minimum atomic E-state index is -0.765. The van der Waals surface area contributed by atoms with E-state index in [1.807, 2.05) is 13.8 Å². The van der Waals surface area contributed by atoms with Gasteiger partial charge in [0.15, 0.2) is 0 Å². The van der Waals surface area contributed by atoms with Crippen LogP contribution in [0.4, 0.5) is 0 Å². The van der Waals surface area contributed by atoms with Crippen molar-refractivity contribution in [1.29, 1.82) is 0 Å².